The molecular weight excluding hydrogens is 268 g/mol. The van der Waals surface area contributed by atoms with Gasteiger partial charge in [0.25, 0.3) is 0 Å². The molecule has 0 bridgehead atoms. The minimum Gasteiger partial charge on any atom is -0.374 e. The highest BCUT2D eigenvalue weighted by molar-refractivity contribution is 6.30. The van der Waals surface area contributed by atoms with Crippen LogP contribution in [0.4, 0.5) is 5.69 Å². The molecule has 0 aromatic heterocycles. The Morgan fingerprint density at radius 3 is 2.45 bits per heavy atom. The highest BCUT2D eigenvalue weighted by Crippen LogP contribution is 2.24. The monoisotopic (exact) mass is 296 g/mol. The Kier molecular flexibility index (Phi) is 7.39. The first-order chi connectivity index (χ1) is 9.40. The Balaban J connectivity index is 2.73. The number of hydrogen-bond acceptors (Lipinski definition) is 2. The van der Waals surface area contributed by atoms with Gasteiger partial charge in [-0.25, -0.2) is 0 Å². The molecule has 0 heterocycles. The summed E-state index contributed by atoms with van der Waals surface area (Å²) < 4.78 is 0. The molecule has 2 nitrogen and oxygen atoms in total. The van der Waals surface area contributed by atoms with Gasteiger partial charge in [-0.05, 0) is 48.6 Å². The molecule has 0 aliphatic rings. The second kappa shape index (κ2) is 8.53. The Bertz CT molecular complexity index is 402. The van der Waals surface area contributed by atoms with Gasteiger partial charge in [-0.15, -0.1) is 0 Å². The lowest BCUT2D eigenvalue weighted by atomic mass is 10.1. The largest absolute Gasteiger partial charge is 0.374 e. The number of anilines is 1. The summed E-state index contributed by atoms with van der Waals surface area (Å²) in [5.74, 6) is 1.39. The second-order valence-electron chi connectivity index (χ2n) is 6.40. The van der Waals surface area contributed by atoms with Crippen LogP contribution in [0.1, 0.15) is 39.7 Å². The van der Waals surface area contributed by atoms with E-state index in [-0.39, 0.29) is 0 Å². The molecule has 20 heavy (non-hydrogen) atoms. The van der Waals surface area contributed by atoms with Crippen LogP contribution in [0.25, 0.3) is 0 Å². The van der Waals surface area contributed by atoms with E-state index in [9.17, 15) is 0 Å². The van der Waals surface area contributed by atoms with E-state index in [1.807, 2.05) is 6.07 Å². The van der Waals surface area contributed by atoms with Gasteiger partial charge in [0.05, 0.1) is 0 Å². The summed E-state index contributed by atoms with van der Waals surface area (Å²) in [7, 11) is 2.16. The van der Waals surface area contributed by atoms with E-state index >= 15 is 0 Å². The molecule has 3 heteroatoms. The third-order valence-corrected chi connectivity index (χ3v) is 3.60. The van der Waals surface area contributed by atoms with Crippen molar-refractivity contribution in [2.45, 2.75) is 40.7 Å². The van der Waals surface area contributed by atoms with Gasteiger partial charge in [-0.1, -0.05) is 39.3 Å². The van der Waals surface area contributed by atoms with Crippen LogP contribution in [0, 0.1) is 11.8 Å². The molecule has 0 radical (unpaired) electrons. The van der Waals surface area contributed by atoms with Crippen LogP contribution < -0.4 is 10.2 Å². The van der Waals surface area contributed by atoms with E-state index in [1.54, 1.807) is 0 Å². The lowest BCUT2D eigenvalue weighted by Crippen LogP contribution is -2.24. The zero-order valence-electron chi connectivity index (χ0n) is 13.5. The predicted octanol–water partition coefficient (Wildman–Crippen LogP) is 4.57. The quantitative estimate of drug-likeness (QED) is 0.756. The maximum Gasteiger partial charge on any atom is 0.0410 e. The van der Waals surface area contributed by atoms with Crippen LogP contribution in [0.15, 0.2) is 18.2 Å². The van der Waals surface area contributed by atoms with Gasteiger partial charge in [0.2, 0.25) is 0 Å². The van der Waals surface area contributed by atoms with Gasteiger partial charge in [-0.3, -0.25) is 0 Å². The summed E-state index contributed by atoms with van der Waals surface area (Å²) in [6.45, 7) is 12.0. The van der Waals surface area contributed by atoms with E-state index in [0.717, 1.165) is 30.6 Å². The summed E-state index contributed by atoms with van der Waals surface area (Å²) in [4.78, 5) is 2.34. The van der Waals surface area contributed by atoms with Crippen molar-refractivity contribution in [2.75, 3.05) is 25.0 Å². The van der Waals surface area contributed by atoms with Crippen molar-refractivity contribution >= 4 is 17.3 Å². The average molecular weight is 297 g/mol. The fourth-order valence-corrected chi connectivity index (χ4v) is 2.33. The second-order valence-corrected chi connectivity index (χ2v) is 6.84. The highest BCUT2D eigenvalue weighted by Gasteiger charge is 2.09. The van der Waals surface area contributed by atoms with Gasteiger partial charge < -0.3 is 10.2 Å². The number of halogens is 1. The molecule has 1 rings (SSSR count). The summed E-state index contributed by atoms with van der Waals surface area (Å²) in [6, 6.07) is 6.19. The van der Waals surface area contributed by atoms with Gasteiger partial charge in [-0.2, -0.15) is 0 Å². The molecule has 0 aliphatic heterocycles. The molecule has 1 aromatic carbocycles. The lowest BCUT2D eigenvalue weighted by molar-refractivity contribution is 0.551. The molecule has 0 amide bonds. The van der Waals surface area contributed by atoms with Crippen LogP contribution >= 0.6 is 11.6 Å². The number of nitrogens with one attached hydrogen (secondary N) is 1. The van der Waals surface area contributed by atoms with E-state index in [4.69, 9.17) is 11.6 Å². The Morgan fingerprint density at radius 1 is 1.15 bits per heavy atom. The van der Waals surface area contributed by atoms with E-state index < -0.39 is 0 Å². The SMILES string of the molecule is CC(C)CCN(C)c1ccc(Cl)cc1CNCC(C)C. The molecular formula is C17H29ClN2. The standard InChI is InChI=1S/C17H29ClN2/c1-13(2)8-9-20(5)17-7-6-16(18)10-15(17)12-19-11-14(3)4/h6-7,10,13-14,19H,8-9,11-12H2,1-5H3. The number of rotatable bonds is 8. The Hall–Kier alpha value is -0.730. The van der Waals surface area contributed by atoms with Gasteiger partial charge in [0.1, 0.15) is 0 Å². The summed E-state index contributed by atoms with van der Waals surface area (Å²) in [5.41, 5.74) is 2.57. The molecule has 0 aliphatic carbocycles. The third kappa shape index (κ3) is 6.15. The highest BCUT2D eigenvalue weighted by atomic mass is 35.5. The van der Waals surface area contributed by atoms with Crippen molar-refractivity contribution in [2.24, 2.45) is 11.8 Å². The van der Waals surface area contributed by atoms with Crippen molar-refractivity contribution in [1.29, 1.82) is 0 Å². The first-order valence-electron chi connectivity index (χ1n) is 7.60. The van der Waals surface area contributed by atoms with Crippen LogP contribution in [-0.2, 0) is 6.54 Å². The average Bonchev–Trinajstić information content (AvgIpc) is 2.35. The van der Waals surface area contributed by atoms with E-state index in [1.165, 1.54) is 17.7 Å². The summed E-state index contributed by atoms with van der Waals surface area (Å²) in [5, 5.41) is 4.32. The maximum absolute atomic E-state index is 6.14. The minimum absolute atomic E-state index is 0.663. The van der Waals surface area contributed by atoms with Crippen LogP contribution in [0.5, 0.6) is 0 Å². The zero-order chi connectivity index (χ0) is 15.1. The first-order valence-corrected chi connectivity index (χ1v) is 7.98. The Labute approximate surface area is 129 Å². The van der Waals surface area contributed by atoms with E-state index in [2.05, 4.69) is 57.1 Å². The minimum atomic E-state index is 0.663. The molecule has 114 valence electrons. The smallest absolute Gasteiger partial charge is 0.0410 e. The first kappa shape index (κ1) is 17.3. The lowest BCUT2D eigenvalue weighted by Gasteiger charge is -2.24. The molecule has 0 spiro atoms. The van der Waals surface area contributed by atoms with Crippen molar-refractivity contribution in [3.8, 4) is 0 Å². The molecule has 0 saturated carbocycles. The molecule has 0 fully saturated rings. The van der Waals surface area contributed by atoms with Crippen molar-refractivity contribution in [3.63, 3.8) is 0 Å². The van der Waals surface area contributed by atoms with Gasteiger partial charge in [0.15, 0.2) is 0 Å². The van der Waals surface area contributed by atoms with Gasteiger partial charge >= 0.3 is 0 Å². The number of hydrogen-bond donors (Lipinski definition) is 1. The van der Waals surface area contributed by atoms with Crippen LogP contribution in [0.3, 0.4) is 0 Å². The maximum atomic E-state index is 6.14. The molecule has 0 atom stereocenters. The normalized spacial score (nSPS) is 11.4. The summed E-state index contributed by atoms with van der Waals surface area (Å²) in [6.07, 6.45) is 1.21. The van der Waals surface area contributed by atoms with Gasteiger partial charge in [0, 0.05) is 30.8 Å². The van der Waals surface area contributed by atoms with E-state index in [0.29, 0.717) is 5.92 Å². The molecule has 0 unspecified atom stereocenters. The molecule has 1 N–H and O–H groups in total. The van der Waals surface area contributed by atoms with Crippen molar-refractivity contribution in [3.05, 3.63) is 28.8 Å². The number of benzene rings is 1. The van der Waals surface area contributed by atoms with Crippen molar-refractivity contribution < 1.29 is 0 Å². The molecule has 0 saturated heterocycles. The summed E-state index contributed by atoms with van der Waals surface area (Å²) >= 11 is 6.14. The molecule has 1 aromatic rings. The predicted molar refractivity (Wildman–Crippen MR) is 90.7 cm³/mol. The fourth-order valence-electron chi connectivity index (χ4n) is 2.14. The topological polar surface area (TPSA) is 15.3 Å². The third-order valence-electron chi connectivity index (χ3n) is 3.36. The van der Waals surface area contributed by atoms with Crippen LogP contribution in [0.2, 0.25) is 5.02 Å². The Morgan fingerprint density at radius 2 is 1.85 bits per heavy atom. The zero-order valence-corrected chi connectivity index (χ0v) is 14.3. The van der Waals surface area contributed by atoms with Crippen LogP contribution in [-0.4, -0.2) is 20.1 Å². The fraction of sp³-hybridized carbons (Fsp3) is 0.647. The van der Waals surface area contributed by atoms with Crippen molar-refractivity contribution in [1.82, 2.24) is 5.32 Å². The number of nitrogens with zero attached hydrogens (tertiary/aromatic N) is 1.